The molecule has 2 aromatic rings. The summed E-state index contributed by atoms with van der Waals surface area (Å²) in [6.07, 6.45) is 0. The molecule has 5 heteroatoms. The third-order valence-corrected chi connectivity index (χ3v) is 2.76. The smallest absolute Gasteiger partial charge is 0.148 e. The van der Waals surface area contributed by atoms with Crippen molar-refractivity contribution in [1.82, 2.24) is 15.3 Å². The SMILES string of the molecule is CNC(C)c1nc(N)c2ccc(Cl)cc2n1. The molecule has 1 atom stereocenters. The average molecular weight is 237 g/mol. The number of nitrogen functional groups attached to an aromatic ring is 1. The Morgan fingerprint density at radius 2 is 2.12 bits per heavy atom. The van der Waals surface area contributed by atoms with Crippen LogP contribution in [0, 0.1) is 0 Å². The molecule has 2 rings (SSSR count). The number of nitrogens with two attached hydrogens (primary N) is 1. The summed E-state index contributed by atoms with van der Waals surface area (Å²) < 4.78 is 0. The highest BCUT2D eigenvalue weighted by molar-refractivity contribution is 6.31. The first-order chi connectivity index (χ1) is 7.61. The van der Waals surface area contributed by atoms with Crippen LogP contribution in [0.3, 0.4) is 0 Å². The Morgan fingerprint density at radius 1 is 1.38 bits per heavy atom. The molecule has 1 aromatic carbocycles. The molecular weight excluding hydrogens is 224 g/mol. The van der Waals surface area contributed by atoms with Gasteiger partial charge in [0.15, 0.2) is 0 Å². The van der Waals surface area contributed by atoms with Gasteiger partial charge < -0.3 is 11.1 Å². The van der Waals surface area contributed by atoms with Crippen LogP contribution < -0.4 is 11.1 Å². The van der Waals surface area contributed by atoms with E-state index in [0.29, 0.717) is 16.7 Å². The van der Waals surface area contributed by atoms with Gasteiger partial charge in [0.25, 0.3) is 0 Å². The number of fused-ring (bicyclic) bond motifs is 1. The fourth-order valence-corrected chi connectivity index (χ4v) is 1.64. The van der Waals surface area contributed by atoms with E-state index < -0.39 is 0 Å². The number of hydrogen-bond acceptors (Lipinski definition) is 4. The number of nitrogens with one attached hydrogen (secondary N) is 1. The fourth-order valence-electron chi connectivity index (χ4n) is 1.47. The van der Waals surface area contributed by atoms with Crippen LogP contribution in [-0.4, -0.2) is 17.0 Å². The average Bonchev–Trinajstić information content (AvgIpc) is 2.27. The third-order valence-electron chi connectivity index (χ3n) is 2.53. The lowest BCUT2D eigenvalue weighted by atomic mass is 10.2. The minimum Gasteiger partial charge on any atom is -0.383 e. The Hall–Kier alpha value is -1.39. The second-order valence-electron chi connectivity index (χ2n) is 3.64. The summed E-state index contributed by atoms with van der Waals surface area (Å²) >= 11 is 5.92. The van der Waals surface area contributed by atoms with E-state index in [2.05, 4.69) is 15.3 Å². The molecule has 0 saturated carbocycles. The van der Waals surface area contributed by atoms with E-state index >= 15 is 0 Å². The maximum absolute atomic E-state index is 5.92. The van der Waals surface area contributed by atoms with Gasteiger partial charge in [-0.25, -0.2) is 9.97 Å². The Kier molecular flexibility index (Phi) is 2.94. The first-order valence-corrected chi connectivity index (χ1v) is 5.39. The quantitative estimate of drug-likeness (QED) is 0.839. The number of nitrogens with zero attached hydrogens (tertiary/aromatic N) is 2. The zero-order valence-corrected chi connectivity index (χ0v) is 9.92. The van der Waals surface area contributed by atoms with Gasteiger partial charge in [-0.1, -0.05) is 11.6 Å². The number of halogens is 1. The first-order valence-electron chi connectivity index (χ1n) is 5.01. The van der Waals surface area contributed by atoms with E-state index in [9.17, 15) is 0 Å². The maximum atomic E-state index is 5.92. The Labute approximate surface area is 98.8 Å². The van der Waals surface area contributed by atoms with E-state index in [1.807, 2.05) is 20.0 Å². The summed E-state index contributed by atoms with van der Waals surface area (Å²) in [6.45, 7) is 1.98. The lowest BCUT2D eigenvalue weighted by Gasteiger charge is -2.10. The normalized spacial score (nSPS) is 12.9. The summed E-state index contributed by atoms with van der Waals surface area (Å²) in [5, 5.41) is 4.55. The minimum absolute atomic E-state index is 0.0608. The van der Waals surface area contributed by atoms with Crippen molar-refractivity contribution in [1.29, 1.82) is 0 Å². The Bertz CT molecular complexity index is 527. The summed E-state index contributed by atoms with van der Waals surface area (Å²) in [5.41, 5.74) is 6.65. The minimum atomic E-state index is 0.0608. The predicted octanol–water partition coefficient (Wildman–Crippen LogP) is 2.15. The molecular formula is C11H13ClN4. The van der Waals surface area contributed by atoms with Crippen LogP contribution in [0.4, 0.5) is 5.82 Å². The highest BCUT2D eigenvalue weighted by Gasteiger charge is 2.10. The number of aromatic nitrogens is 2. The van der Waals surface area contributed by atoms with E-state index in [4.69, 9.17) is 17.3 Å². The van der Waals surface area contributed by atoms with Crippen molar-refractivity contribution < 1.29 is 0 Å². The Morgan fingerprint density at radius 3 is 2.81 bits per heavy atom. The highest BCUT2D eigenvalue weighted by Crippen LogP contribution is 2.23. The molecule has 0 spiro atoms. The van der Waals surface area contributed by atoms with Crippen molar-refractivity contribution in [2.45, 2.75) is 13.0 Å². The molecule has 0 bridgehead atoms. The van der Waals surface area contributed by atoms with Crippen molar-refractivity contribution in [2.75, 3.05) is 12.8 Å². The molecule has 0 aliphatic heterocycles. The van der Waals surface area contributed by atoms with Gasteiger partial charge in [0.1, 0.15) is 11.6 Å². The van der Waals surface area contributed by atoms with E-state index in [0.717, 1.165) is 10.9 Å². The van der Waals surface area contributed by atoms with Crippen LogP contribution in [0.15, 0.2) is 18.2 Å². The van der Waals surface area contributed by atoms with Gasteiger partial charge in [-0.3, -0.25) is 0 Å². The third kappa shape index (κ3) is 1.94. The predicted molar refractivity (Wildman–Crippen MR) is 66.4 cm³/mol. The molecule has 0 radical (unpaired) electrons. The molecule has 0 aliphatic rings. The van der Waals surface area contributed by atoms with Gasteiger partial charge in [0.2, 0.25) is 0 Å². The molecule has 0 aliphatic carbocycles. The topological polar surface area (TPSA) is 63.8 Å². The summed E-state index contributed by atoms with van der Waals surface area (Å²) in [4.78, 5) is 8.69. The van der Waals surface area contributed by atoms with E-state index in [-0.39, 0.29) is 6.04 Å². The zero-order chi connectivity index (χ0) is 11.7. The molecule has 16 heavy (non-hydrogen) atoms. The molecule has 1 unspecified atom stereocenters. The van der Waals surface area contributed by atoms with Gasteiger partial charge in [-0.2, -0.15) is 0 Å². The lowest BCUT2D eigenvalue weighted by molar-refractivity contribution is 0.614. The van der Waals surface area contributed by atoms with Crippen molar-refractivity contribution in [3.05, 3.63) is 29.0 Å². The monoisotopic (exact) mass is 236 g/mol. The second-order valence-corrected chi connectivity index (χ2v) is 4.08. The van der Waals surface area contributed by atoms with Crippen molar-refractivity contribution in [2.24, 2.45) is 0 Å². The van der Waals surface area contributed by atoms with Crippen LogP contribution in [0.25, 0.3) is 10.9 Å². The highest BCUT2D eigenvalue weighted by atomic mass is 35.5. The van der Waals surface area contributed by atoms with Gasteiger partial charge in [0, 0.05) is 10.4 Å². The number of rotatable bonds is 2. The number of benzene rings is 1. The second kappa shape index (κ2) is 4.23. The van der Waals surface area contributed by atoms with Crippen LogP contribution in [0.5, 0.6) is 0 Å². The van der Waals surface area contributed by atoms with Crippen LogP contribution in [-0.2, 0) is 0 Å². The van der Waals surface area contributed by atoms with Crippen LogP contribution >= 0.6 is 11.6 Å². The first kappa shape index (κ1) is 11.1. The number of anilines is 1. The molecule has 1 aromatic heterocycles. The summed E-state index contributed by atoms with van der Waals surface area (Å²) in [5.74, 6) is 1.16. The summed E-state index contributed by atoms with van der Waals surface area (Å²) in [6, 6.07) is 5.47. The Balaban J connectivity index is 2.65. The van der Waals surface area contributed by atoms with Crippen LogP contribution in [0.1, 0.15) is 18.8 Å². The lowest BCUT2D eigenvalue weighted by Crippen LogP contribution is -2.16. The van der Waals surface area contributed by atoms with Crippen molar-refractivity contribution in [3.63, 3.8) is 0 Å². The van der Waals surface area contributed by atoms with Gasteiger partial charge in [0.05, 0.1) is 11.6 Å². The molecule has 4 nitrogen and oxygen atoms in total. The van der Waals surface area contributed by atoms with Crippen molar-refractivity contribution >= 4 is 28.3 Å². The zero-order valence-electron chi connectivity index (χ0n) is 9.16. The largest absolute Gasteiger partial charge is 0.383 e. The van der Waals surface area contributed by atoms with E-state index in [1.165, 1.54) is 0 Å². The standard InChI is InChI=1S/C11H13ClN4/c1-6(14-2)11-15-9-5-7(12)3-4-8(9)10(13)16-11/h3-6,14H,1-2H3,(H2,13,15,16). The van der Waals surface area contributed by atoms with Gasteiger partial charge in [-0.15, -0.1) is 0 Å². The fraction of sp³-hybridized carbons (Fsp3) is 0.273. The van der Waals surface area contributed by atoms with Crippen LogP contribution in [0.2, 0.25) is 5.02 Å². The molecule has 3 N–H and O–H groups in total. The number of hydrogen-bond donors (Lipinski definition) is 2. The molecule has 0 fully saturated rings. The molecule has 0 saturated heterocycles. The molecule has 1 heterocycles. The molecule has 84 valence electrons. The summed E-state index contributed by atoms with van der Waals surface area (Å²) in [7, 11) is 1.85. The van der Waals surface area contributed by atoms with Gasteiger partial charge in [-0.05, 0) is 32.2 Å². The van der Waals surface area contributed by atoms with E-state index in [1.54, 1.807) is 12.1 Å². The maximum Gasteiger partial charge on any atom is 0.148 e. The molecule has 0 amide bonds. The van der Waals surface area contributed by atoms with Crippen molar-refractivity contribution in [3.8, 4) is 0 Å². The van der Waals surface area contributed by atoms with Gasteiger partial charge >= 0.3 is 0 Å².